The Morgan fingerprint density at radius 2 is 2.00 bits per heavy atom. The largest absolute Gasteiger partial charge is 0.443 e. The fourth-order valence-electron chi connectivity index (χ4n) is 3.03. The van der Waals surface area contributed by atoms with E-state index >= 15 is 0 Å². The van der Waals surface area contributed by atoms with Crippen LogP contribution in [-0.2, 0) is 23.7 Å². The van der Waals surface area contributed by atoms with Crippen LogP contribution in [0.5, 0.6) is 0 Å². The summed E-state index contributed by atoms with van der Waals surface area (Å²) in [5.74, 6) is -2.35. The molecule has 24 heavy (non-hydrogen) atoms. The normalized spacial score (nSPS) is 38.2. The Morgan fingerprint density at radius 3 is 2.54 bits per heavy atom. The van der Waals surface area contributed by atoms with E-state index in [2.05, 4.69) is 0 Å². The molecule has 4 atom stereocenters. The predicted molar refractivity (Wildman–Crippen MR) is 77.9 cm³/mol. The molecule has 3 saturated heterocycles. The maximum Gasteiger partial charge on any atom is 0.420 e. The number of imide groups is 1. The summed E-state index contributed by atoms with van der Waals surface area (Å²) < 4.78 is 27.2. The highest BCUT2D eigenvalue weighted by Gasteiger charge is 2.64. The number of rotatable bonds is 0. The summed E-state index contributed by atoms with van der Waals surface area (Å²) in [5.41, 5.74) is -0.767. The van der Waals surface area contributed by atoms with Gasteiger partial charge in [-0.05, 0) is 34.6 Å². The summed E-state index contributed by atoms with van der Waals surface area (Å²) in [7, 11) is 0. The Morgan fingerprint density at radius 1 is 1.33 bits per heavy atom. The number of hydrogen-bond donors (Lipinski definition) is 1. The lowest BCUT2D eigenvalue weighted by Gasteiger charge is -2.42. The van der Waals surface area contributed by atoms with E-state index in [1.807, 2.05) is 0 Å². The topological polar surface area (TPSA) is 104 Å². The minimum atomic E-state index is -1.42. The number of ether oxygens (including phenoxy) is 5. The minimum Gasteiger partial charge on any atom is -0.443 e. The first-order valence-electron chi connectivity index (χ1n) is 7.83. The van der Waals surface area contributed by atoms with Crippen LogP contribution in [-0.4, -0.2) is 70.8 Å². The number of amides is 2. The molecule has 0 aromatic rings. The summed E-state index contributed by atoms with van der Waals surface area (Å²) in [6.07, 6.45) is -3.99. The maximum absolute atomic E-state index is 12.3. The smallest absolute Gasteiger partial charge is 0.420 e. The van der Waals surface area contributed by atoms with E-state index in [9.17, 15) is 14.7 Å². The van der Waals surface area contributed by atoms with Gasteiger partial charge in [-0.3, -0.25) is 0 Å². The average molecular weight is 345 g/mol. The highest BCUT2D eigenvalue weighted by Crippen LogP contribution is 2.42. The molecule has 9 nitrogen and oxygen atoms in total. The van der Waals surface area contributed by atoms with Gasteiger partial charge in [0.25, 0.3) is 0 Å². The van der Waals surface area contributed by atoms with Crippen molar-refractivity contribution in [3.8, 4) is 0 Å². The Bertz CT molecular complexity index is 556. The number of hydrogen-bond acceptors (Lipinski definition) is 8. The van der Waals surface area contributed by atoms with Crippen molar-refractivity contribution >= 4 is 12.2 Å². The fourth-order valence-corrected chi connectivity index (χ4v) is 3.03. The van der Waals surface area contributed by atoms with Crippen LogP contribution >= 0.6 is 0 Å². The zero-order chi connectivity index (χ0) is 17.9. The lowest BCUT2D eigenvalue weighted by Crippen LogP contribution is -2.64. The van der Waals surface area contributed by atoms with E-state index in [1.165, 1.54) is 0 Å². The molecule has 1 N–H and O–H groups in total. The highest BCUT2D eigenvalue weighted by molar-refractivity contribution is 5.90. The lowest BCUT2D eigenvalue weighted by atomic mass is 9.95. The van der Waals surface area contributed by atoms with Crippen LogP contribution in [0.3, 0.4) is 0 Å². The molecule has 3 heterocycles. The van der Waals surface area contributed by atoms with Crippen LogP contribution in [0.25, 0.3) is 0 Å². The second kappa shape index (κ2) is 5.29. The molecule has 1 spiro atoms. The molecule has 0 radical (unpaired) electrons. The van der Waals surface area contributed by atoms with Crippen molar-refractivity contribution in [2.24, 2.45) is 0 Å². The standard InChI is InChI=1S/C15H23NO8/c1-13(2,3)23-12(19)16-8-6-20-15(7-21-14(4,5)24-15)10(17)9(8)22-11(16)18/h8-10,17H,6-7H2,1-5H3/t8-,9?,10+,15+/m1/s1. The summed E-state index contributed by atoms with van der Waals surface area (Å²) in [4.78, 5) is 25.2. The van der Waals surface area contributed by atoms with Crippen molar-refractivity contribution in [3.63, 3.8) is 0 Å². The van der Waals surface area contributed by atoms with E-state index in [1.54, 1.807) is 34.6 Å². The van der Waals surface area contributed by atoms with Crippen molar-refractivity contribution in [2.45, 2.75) is 70.0 Å². The van der Waals surface area contributed by atoms with Crippen LogP contribution in [0.2, 0.25) is 0 Å². The molecule has 3 fully saturated rings. The first-order valence-corrected chi connectivity index (χ1v) is 7.83. The number of fused-ring (bicyclic) bond motifs is 1. The third-order valence-corrected chi connectivity index (χ3v) is 4.03. The van der Waals surface area contributed by atoms with E-state index < -0.39 is 47.6 Å². The monoisotopic (exact) mass is 345 g/mol. The van der Waals surface area contributed by atoms with Gasteiger partial charge in [0.1, 0.15) is 24.4 Å². The second-order valence-corrected chi connectivity index (χ2v) is 7.62. The molecule has 0 aromatic carbocycles. The zero-order valence-corrected chi connectivity index (χ0v) is 14.4. The minimum absolute atomic E-state index is 0.00558. The first-order chi connectivity index (χ1) is 10.9. The highest BCUT2D eigenvalue weighted by atomic mass is 16.8. The van der Waals surface area contributed by atoms with E-state index in [0.29, 0.717) is 0 Å². The van der Waals surface area contributed by atoms with Crippen LogP contribution < -0.4 is 0 Å². The lowest BCUT2D eigenvalue weighted by molar-refractivity contribution is -0.322. The van der Waals surface area contributed by atoms with Gasteiger partial charge in [0.2, 0.25) is 5.79 Å². The van der Waals surface area contributed by atoms with Crippen LogP contribution in [0.1, 0.15) is 34.6 Å². The van der Waals surface area contributed by atoms with Gasteiger partial charge in [-0.2, -0.15) is 0 Å². The molecule has 9 heteroatoms. The van der Waals surface area contributed by atoms with Gasteiger partial charge in [-0.1, -0.05) is 0 Å². The summed E-state index contributed by atoms with van der Waals surface area (Å²) >= 11 is 0. The molecule has 3 aliphatic rings. The van der Waals surface area contributed by atoms with Crippen LogP contribution in [0.15, 0.2) is 0 Å². The van der Waals surface area contributed by atoms with E-state index in [4.69, 9.17) is 23.7 Å². The van der Waals surface area contributed by atoms with Crippen molar-refractivity contribution in [3.05, 3.63) is 0 Å². The molecule has 3 rings (SSSR count). The van der Waals surface area contributed by atoms with Crippen LogP contribution in [0, 0.1) is 0 Å². The van der Waals surface area contributed by atoms with Crippen molar-refractivity contribution in [2.75, 3.05) is 13.2 Å². The van der Waals surface area contributed by atoms with Gasteiger partial charge in [0, 0.05) is 0 Å². The number of carbonyl (C=O) groups is 2. The summed E-state index contributed by atoms with van der Waals surface area (Å²) in [6, 6.07) is -0.791. The van der Waals surface area contributed by atoms with Crippen molar-refractivity contribution in [1.82, 2.24) is 4.90 Å². The average Bonchev–Trinajstić information content (AvgIpc) is 2.91. The van der Waals surface area contributed by atoms with Crippen molar-refractivity contribution in [1.29, 1.82) is 0 Å². The number of aliphatic hydroxyl groups excluding tert-OH is 1. The number of carbonyl (C=O) groups excluding carboxylic acids is 2. The molecule has 3 aliphatic heterocycles. The fraction of sp³-hybridized carbons (Fsp3) is 0.867. The van der Waals surface area contributed by atoms with Crippen LogP contribution in [0.4, 0.5) is 9.59 Å². The van der Waals surface area contributed by atoms with Gasteiger partial charge in [-0.25, -0.2) is 14.5 Å². The number of nitrogens with zero attached hydrogens (tertiary/aromatic N) is 1. The predicted octanol–water partition coefficient (Wildman–Crippen LogP) is 0.981. The van der Waals surface area contributed by atoms with Gasteiger partial charge in [0.05, 0.1) is 6.61 Å². The van der Waals surface area contributed by atoms with Gasteiger partial charge in [-0.15, -0.1) is 0 Å². The summed E-state index contributed by atoms with van der Waals surface area (Å²) in [5, 5.41) is 10.6. The molecular weight excluding hydrogens is 322 g/mol. The van der Waals surface area contributed by atoms with E-state index in [-0.39, 0.29) is 13.2 Å². The van der Waals surface area contributed by atoms with E-state index in [0.717, 1.165) is 4.90 Å². The molecule has 136 valence electrons. The second-order valence-electron chi connectivity index (χ2n) is 7.62. The molecule has 2 amide bonds. The molecule has 1 unspecified atom stereocenters. The molecule has 0 bridgehead atoms. The third-order valence-electron chi connectivity index (χ3n) is 4.03. The Balaban J connectivity index is 1.78. The van der Waals surface area contributed by atoms with Gasteiger partial charge in [0.15, 0.2) is 11.9 Å². The third kappa shape index (κ3) is 2.85. The molecule has 0 aromatic heterocycles. The quantitative estimate of drug-likeness (QED) is 0.693. The Hall–Kier alpha value is -1.42. The van der Waals surface area contributed by atoms with Crippen molar-refractivity contribution < 1.29 is 38.4 Å². The number of aliphatic hydroxyl groups is 1. The van der Waals surface area contributed by atoms with Gasteiger partial charge >= 0.3 is 12.2 Å². The maximum atomic E-state index is 12.3. The molecular formula is C15H23NO8. The SMILES string of the molecule is CC(C)(C)OC(=O)N1C(=O)OC2[C@H]1CO[C@]1(COC(C)(C)O1)[C@H]2O. The zero-order valence-electron chi connectivity index (χ0n) is 14.4. The Labute approximate surface area is 139 Å². The molecule has 0 aliphatic carbocycles. The van der Waals surface area contributed by atoms with Gasteiger partial charge < -0.3 is 28.8 Å². The molecule has 0 saturated carbocycles. The summed E-state index contributed by atoms with van der Waals surface area (Å²) in [6.45, 7) is 8.40. The first kappa shape index (κ1) is 17.4. The Kier molecular flexibility index (Phi) is 3.83.